The molecular formula is C72H47BN4. The van der Waals surface area contributed by atoms with E-state index in [4.69, 9.17) is 11.0 Å². The monoisotopic (exact) mass is 994 g/mol. The second-order valence-corrected chi connectivity index (χ2v) is 19.3. The van der Waals surface area contributed by atoms with Crippen molar-refractivity contribution in [2.45, 2.75) is 0 Å². The Morgan fingerprint density at radius 2 is 0.623 bits per heavy atom. The van der Waals surface area contributed by atoms with E-state index in [-0.39, 0.29) is 43.6 Å². The Kier molecular flexibility index (Phi) is 6.79. The van der Waals surface area contributed by atoms with E-state index in [9.17, 15) is 11.0 Å². The Bertz CT molecular complexity index is 5150. The van der Waals surface area contributed by atoms with Gasteiger partial charge in [0.2, 0.25) is 0 Å². The van der Waals surface area contributed by atoms with Crippen LogP contribution in [0.25, 0.3) is 88.4 Å². The molecule has 0 bridgehead atoms. The summed E-state index contributed by atoms with van der Waals surface area (Å²) in [5, 5.41) is -0.228. The minimum atomic E-state index is -0.643. The predicted octanol–water partition coefficient (Wildman–Crippen LogP) is 17.0. The van der Waals surface area contributed by atoms with Crippen LogP contribution < -0.4 is 26.2 Å². The quantitative estimate of drug-likeness (QED) is 0.148. The number of nitrogens with zero attached hydrogens (tertiary/aromatic N) is 4. The van der Waals surface area contributed by atoms with Crippen molar-refractivity contribution < 1.29 is 21.9 Å². The molecule has 0 saturated heterocycles. The maximum absolute atomic E-state index is 9.52. The molecule has 0 unspecified atom stereocenters. The Balaban J connectivity index is 1.06. The average Bonchev–Trinajstić information content (AvgIpc) is 1.67. The maximum Gasteiger partial charge on any atom is 0.252 e. The molecule has 0 fully saturated rings. The molecule has 0 atom stereocenters. The summed E-state index contributed by atoms with van der Waals surface area (Å²) in [7, 11) is 0. The van der Waals surface area contributed by atoms with Crippen molar-refractivity contribution in [3.63, 3.8) is 0 Å². The van der Waals surface area contributed by atoms with Crippen molar-refractivity contribution in [3.8, 4) is 44.8 Å². The lowest BCUT2D eigenvalue weighted by Crippen LogP contribution is -2.61. The first-order valence-electron chi connectivity index (χ1n) is 33.3. The molecule has 0 spiro atoms. The SMILES string of the molecule is [2H]c1c([2H])c([2H])c2c(c1[2H])c1c([2H])c([2H])c([2H])c([2H])c1n2-c1ccc2c(c1)N(c1cccc(-c3ccccc3)c1)c1cc(-c3ccccc3)cc3c1B2c1ccc(-n2c4c([2H])c([2H])c([2H])c([2H])c4c4c([2H])c([2H])c([2H])c([2H])c42)cc1N3c1cccc(-c2ccccc2)c1. The molecule has 16 rings (SSSR count). The molecule has 2 aliphatic heterocycles. The van der Waals surface area contributed by atoms with Crippen molar-refractivity contribution in [3.05, 3.63) is 285 Å². The molecule has 0 amide bonds. The van der Waals surface area contributed by atoms with Crippen LogP contribution in [0.5, 0.6) is 0 Å². The molecule has 5 heteroatoms. The Hall–Kier alpha value is -10.1. The molecule has 0 radical (unpaired) electrons. The van der Waals surface area contributed by atoms with Gasteiger partial charge in [0.15, 0.2) is 0 Å². The molecule has 358 valence electrons. The van der Waals surface area contributed by atoms with Crippen LogP contribution >= 0.6 is 0 Å². The average molecular weight is 995 g/mol. The van der Waals surface area contributed by atoms with Crippen LogP contribution in [0.4, 0.5) is 34.1 Å². The summed E-state index contributed by atoms with van der Waals surface area (Å²) in [4.78, 5) is 4.37. The molecule has 14 aromatic rings. The second-order valence-electron chi connectivity index (χ2n) is 19.3. The number of hydrogen-bond acceptors (Lipinski definition) is 2. The number of benzene rings is 12. The van der Waals surface area contributed by atoms with Crippen LogP contribution in [-0.4, -0.2) is 15.8 Å². The zero-order valence-electron chi connectivity index (χ0n) is 56.8. The van der Waals surface area contributed by atoms with Crippen molar-refractivity contribution >= 4 is 101 Å². The van der Waals surface area contributed by atoms with Crippen molar-refractivity contribution in [2.75, 3.05) is 9.80 Å². The number of para-hydroxylation sites is 4. The largest absolute Gasteiger partial charge is 0.311 e. The molecular weight excluding hydrogens is 932 g/mol. The first-order chi connectivity index (χ1) is 44.9. The van der Waals surface area contributed by atoms with E-state index < -0.39 is 103 Å². The van der Waals surface area contributed by atoms with E-state index in [2.05, 4.69) is 34.1 Å². The van der Waals surface area contributed by atoms with Gasteiger partial charge in [-0.25, -0.2) is 0 Å². The summed E-state index contributed by atoms with van der Waals surface area (Å²) in [6.07, 6.45) is 0. The minimum absolute atomic E-state index is 0.0332. The van der Waals surface area contributed by atoms with E-state index in [1.54, 1.807) is 0 Å². The van der Waals surface area contributed by atoms with Gasteiger partial charge in [-0.05, 0) is 135 Å². The fourth-order valence-electron chi connectivity index (χ4n) is 11.9. The lowest BCUT2D eigenvalue weighted by Gasteiger charge is -2.45. The molecule has 2 aliphatic rings. The van der Waals surface area contributed by atoms with Crippen LogP contribution in [0.1, 0.15) is 21.9 Å². The fraction of sp³-hybridized carbons (Fsp3) is 0. The van der Waals surface area contributed by atoms with Crippen molar-refractivity contribution in [1.29, 1.82) is 0 Å². The van der Waals surface area contributed by atoms with Gasteiger partial charge in [-0.15, -0.1) is 0 Å². The molecule has 0 saturated carbocycles. The highest BCUT2D eigenvalue weighted by molar-refractivity contribution is 7.00. The molecule has 2 aromatic heterocycles. The van der Waals surface area contributed by atoms with E-state index in [0.29, 0.717) is 22.7 Å². The maximum atomic E-state index is 9.52. The second kappa shape index (κ2) is 17.2. The number of hydrogen-bond donors (Lipinski definition) is 0. The molecule has 0 aliphatic carbocycles. The summed E-state index contributed by atoms with van der Waals surface area (Å²) < 4.78 is 150. The zero-order chi connectivity index (χ0) is 64.5. The van der Waals surface area contributed by atoms with Gasteiger partial charge >= 0.3 is 0 Å². The van der Waals surface area contributed by atoms with Crippen molar-refractivity contribution in [2.24, 2.45) is 0 Å². The van der Waals surface area contributed by atoms with Gasteiger partial charge in [0.25, 0.3) is 6.71 Å². The number of fused-ring (bicyclic) bond motifs is 10. The zero-order valence-corrected chi connectivity index (χ0v) is 40.8. The van der Waals surface area contributed by atoms with Gasteiger partial charge in [0.1, 0.15) is 0 Å². The Morgan fingerprint density at radius 3 is 1.01 bits per heavy atom. The third-order valence-corrected chi connectivity index (χ3v) is 15.2. The third-order valence-electron chi connectivity index (χ3n) is 15.2. The first kappa shape index (κ1) is 30.3. The minimum Gasteiger partial charge on any atom is -0.311 e. The van der Waals surface area contributed by atoms with Gasteiger partial charge in [-0.2, -0.15) is 0 Å². The highest BCUT2D eigenvalue weighted by Crippen LogP contribution is 2.48. The van der Waals surface area contributed by atoms with Gasteiger partial charge in [0, 0.05) is 67.0 Å². The summed E-state index contributed by atoms with van der Waals surface area (Å²) >= 11 is 0. The molecule has 12 aromatic carbocycles. The predicted molar refractivity (Wildman–Crippen MR) is 325 cm³/mol. The van der Waals surface area contributed by atoms with Crippen LogP contribution in [0, 0.1) is 0 Å². The number of aromatic nitrogens is 2. The molecule has 4 heterocycles. The van der Waals surface area contributed by atoms with Crippen LogP contribution in [0.2, 0.25) is 0 Å². The summed E-state index contributed by atoms with van der Waals surface area (Å²) in [5.74, 6) is 0. The van der Waals surface area contributed by atoms with Gasteiger partial charge in [-0.3, -0.25) is 0 Å². The lowest BCUT2D eigenvalue weighted by atomic mass is 9.33. The van der Waals surface area contributed by atoms with E-state index in [0.717, 1.165) is 72.5 Å². The number of anilines is 6. The highest BCUT2D eigenvalue weighted by atomic mass is 15.2. The standard InChI is InChI=1S/C72H47BN4/c1-4-20-48(21-5-1)51-26-18-28-54(42-51)76-68-46-56(74-64-34-14-10-30-58(64)59-31-11-15-35-65(59)74)38-40-62(68)73-63-41-39-57(75-66-36-16-12-32-60(66)61-33-13-17-37-67(61)75)47-69(63)77(55-29-19-27-52(43-55)49-22-6-2-7-23-49)71-45-53(44-70(76)72(71)73)50-24-8-3-9-25-50/h1-47H/i10D,11D,12D,13D,14D,15D,16D,17D,30D,31D,32D,33D,34D,35D,36D,37D. The van der Waals surface area contributed by atoms with Crippen molar-refractivity contribution in [1.82, 2.24) is 9.13 Å². The summed E-state index contributed by atoms with van der Waals surface area (Å²) in [6.45, 7) is -0.643. The van der Waals surface area contributed by atoms with E-state index in [1.165, 1.54) is 9.13 Å². The summed E-state index contributed by atoms with van der Waals surface area (Å²) in [6, 6.07) is 54.0. The Morgan fingerprint density at radius 1 is 0.273 bits per heavy atom. The third kappa shape index (κ3) is 6.74. The van der Waals surface area contributed by atoms with E-state index >= 15 is 0 Å². The van der Waals surface area contributed by atoms with Crippen LogP contribution in [0.15, 0.2) is 285 Å². The first-order valence-corrected chi connectivity index (χ1v) is 25.3. The topological polar surface area (TPSA) is 16.3 Å². The van der Waals surface area contributed by atoms with E-state index in [1.807, 2.05) is 164 Å². The van der Waals surface area contributed by atoms with Gasteiger partial charge < -0.3 is 18.9 Å². The van der Waals surface area contributed by atoms with Gasteiger partial charge in [0.05, 0.1) is 44.0 Å². The van der Waals surface area contributed by atoms with Crippen LogP contribution in [0.3, 0.4) is 0 Å². The Labute approximate surface area is 469 Å². The fourth-order valence-corrected chi connectivity index (χ4v) is 11.9. The van der Waals surface area contributed by atoms with Crippen LogP contribution in [-0.2, 0) is 0 Å². The molecule has 0 N–H and O–H groups in total. The lowest BCUT2D eigenvalue weighted by molar-refractivity contribution is 1.17. The highest BCUT2D eigenvalue weighted by Gasteiger charge is 2.44. The molecule has 4 nitrogen and oxygen atoms in total. The normalized spacial score (nSPS) is 15.5. The van der Waals surface area contributed by atoms with Gasteiger partial charge in [-0.1, -0.05) is 200 Å². The molecule has 77 heavy (non-hydrogen) atoms. The number of rotatable bonds is 7. The summed E-state index contributed by atoms with van der Waals surface area (Å²) in [5.41, 5.74) is 12.6. The smallest absolute Gasteiger partial charge is 0.252 e.